The van der Waals surface area contributed by atoms with Crippen molar-refractivity contribution in [1.82, 2.24) is 0 Å². The van der Waals surface area contributed by atoms with Crippen molar-refractivity contribution >= 4 is 23.4 Å². The highest BCUT2D eigenvalue weighted by atomic mass is 35.5. The van der Waals surface area contributed by atoms with E-state index in [4.69, 9.17) is 21.1 Å². The van der Waals surface area contributed by atoms with Gasteiger partial charge in [-0.1, -0.05) is 52.4 Å². The molecule has 0 saturated heterocycles. The van der Waals surface area contributed by atoms with Gasteiger partial charge in [-0.25, -0.2) is 0 Å². The molecule has 0 radical (unpaired) electrons. The van der Waals surface area contributed by atoms with Gasteiger partial charge in [0.05, 0.1) is 31.3 Å². The molecule has 2 unspecified atom stereocenters. The fraction of sp³-hybridized carbons (Fsp3) is 1.00. The Kier molecular flexibility index (Phi) is 18.4. The molecule has 0 amide bonds. The van der Waals surface area contributed by atoms with Crippen molar-refractivity contribution in [3.63, 3.8) is 0 Å². The standard InChI is InChI=1S/C18H37ClO2S/c1-4-6-8-10-15-22-16-14-20-12-13-21-17(3)18(19)11-9-7-5-2/h17-18H,4-16H2,1-3H3. The second-order valence-electron chi connectivity index (χ2n) is 5.87. The molecular formula is C18H37ClO2S. The summed E-state index contributed by atoms with van der Waals surface area (Å²) >= 11 is 8.33. The maximum Gasteiger partial charge on any atom is 0.0711 e. The van der Waals surface area contributed by atoms with E-state index in [-0.39, 0.29) is 11.5 Å². The minimum absolute atomic E-state index is 0.120. The first-order valence-corrected chi connectivity index (χ1v) is 10.7. The van der Waals surface area contributed by atoms with Crippen LogP contribution in [-0.4, -0.2) is 42.8 Å². The van der Waals surface area contributed by atoms with E-state index in [0.717, 1.165) is 18.8 Å². The van der Waals surface area contributed by atoms with Crippen LogP contribution in [0.5, 0.6) is 0 Å². The van der Waals surface area contributed by atoms with E-state index in [1.165, 1.54) is 50.7 Å². The Morgan fingerprint density at radius 3 is 2.32 bits per heavy atom. The van der Waals surface area contributed by atoms with Crippen LogP contribution < -0.4 is 0 Å². The summed E-state index contributed by atoms with van der Waals surface area (Å²) in [7, 11) is 0. The summed E-state index contributed by atoms with van der Waals surface area (Å²) in [6, 6.07) is 0. The van der Waals surface area contributed by atoms with Crippen LogP contribution in [-0.2, 0) is 9.47 Å². The average molecular weight is 353 g/mol. The van der Waals surface area contributed by atoms with E-state index in [1.807, 2.05) is 11.8 Å². The Labute approximate surface area is 148 Å². The largest absolute Gasteiger partial charge is 0.378 e. The first-order chi connectivity index (χ1) is 10.7. The molecular weight excluding hydrogens is 316 g/mol. The normalized spacial score (nSPS) is 14.2. The van der Waals surface area contributed by atoms with Gasteiger partial charge in [0.1, 0.15) is 0 Å². The van der Waals surface area contributed by atoms with Gasteiger partial charge in [-0.2, -0.15) is 11.8 Å². The van der Waals surface area contributed by atoms with Crippen molar-refractivity contribution in [2.75, 3.05) is 31.3 Å². The van der Waals surface area contributed by atoms with E-state index in [0.29, 0.717) is 13.2 Å². The number of halogens is 1. The minimum Gasteiger partial charge on any atom is -0.378 e. The maximum absolute atomic E-state index is 6.33. The zero-order chi connectivity index (χ0) is 16.5. The van der Waals surface area contributed by atoms with Gasteiger partial charge in [-0.3, -0.25) is 0 Å². The van der Waals surface area contributed by atoms with E-state index >= 15 is 0 Å². The summed E-state index contributed by atoms with van der Waals surface area (Å²) in [5.74, 6) is 2.36. The third-order valence-electron chi connectivity index (χ3n) is 3.72. The van der Waals surface area contributed by atoms with Gasteiger partial charge in [0.2, 0.25) is 0 Å². The predicted octanol–water partition coefficient (Wildman–Crippen LogP) is 5.91. The molecule has 4 heteroatoms. The Balaban J connectivity index is 3.24. The molecule has 0 N–H and O–H groups in total. The number of ether oxygens (including phenoxy) is 2. The van der Waals surface area contributed by atoms with Gasteiger partial charge in [0.15, 0.2) is 0 Å². The lowest BCUT2D eigenvalue weighted by Gasteiger charge is -2.18. The van der Waals surface area contributed by atoms with Crippen molar-refractivity contribution in [1.29, 1.82) is 0 Å². The zero-order valence-corrected chi connectivity index (χ0v) is 16.5. The monoisotopic (exact) mass is 352 g/mol. The van der Waals surface area contributed by atoms with Crippen LogP contribution in [0.1, 0.15) is 72.1 Å². The van der Waals surface area contributed by atoms with Gasteiger partial charge in [0, 0.05) is 5.75 Å². The second-order valence-corrected chi connectivity index (χ2v) is 7.66. The van der Waals surface area contributed by atoms with Gasteiger partial charge < -0.3 is 9.47 Å². The van der Waals surface area contributed by atoms with Crippen LogP contribution in [0.25, 0.3) is 0 Å². The topological polar surface area (TPSA) is 18.5 Å². The lowest BCUT2D eigenvalue weighted by atomic mass is 10.1. The van der Waals surface area contributed by atoms with E-state index in [1.54, 1.807) is 0 Å². The average Bonchev–Trinajstić information content (AvgIpc) is 2.52. The molecule has 0 aromatic rings. The molecule has 0 saturated carbocycles. The van der Waals surface area contributed by atoms with Crippen molar-refractivity contribution in [3.8, 4) is 0 Å². The quantitative estimate of drug-likeness (QED) is 0.239. The predicted molar refractivity (Wildman–Crippen MR) is 101 cm³/mol. The van der Waals surface area contributed by atoms with Gasteiger partial charge in [-0.05, 0) is 25.5 Å². The summed E-state index contributed by atoms with van der Waals surface area (Å²) in [5, 5.41) is 0.130. The highest BCUT2D eigenvalue weighted by Gasteiger charge is 2.14. The van der Waals surface area contributed by atoms with Gasteiger partial charge >= 0.3 is 0 Å². The molecule has 0 spiro atoms. The molecule has 0 aromatic carbocycles. The molecule has 22 heavy (non-hydrogen) atoms. The Hall–Kier alpha value is 0.560. The summed E-state index contributed by atoms with van der Waals surface area (Å²) < 4.78 is 11.3. The van der Waals surface area contributed by atoms with Crippen LogP contribution in [0, 0.1) is 0 Å². The molecule has 0 aliphatic heterocycles. The van der Waals surface area contributed by atoms with Crippen LogP contribution in [0.3, 0.4) is 0 Å². The van der Waals surface area contributed by atoms with Crippen LogP contribution in [0.2, 0.25) is 0 Å². The Morgan fingerprint density at radius 1 is 0.864 bits per heavy atom. The SMILES string of the molecule is CCCCCCSCCOCCOC(C)C(Cl)CCCCC. The molecule has 134 valence electrons. The zero-order valence-electron chi connectivity index (χ0n) is 14.9. The fourth-order valence-corrected chi connectivity index (χ4v) is 3.25. The third kappa shape index (κ3) is 15.5. The first kappa shape index (κ1) is 22.6. The highest BCUT2D eigenvalue weighted by molar-refractivity contribution is 7.99. The summed E-state index contributed by atoms with van der Waals surface area (Å²) in [5.41, 5.74) is 0. The van der Waals surface area contributed by atoms with Gasteiger partial charge in [-0.15, -0.1) is 11.6 Å². The molecule has 0 aliphatic rings. The first-order valence-electron chi connectivity index (χ1n) is 9.13. The number of thioether (sulfide) groups is 1. The molecule has 0 fully saturated rings. The molecule has 2 atom stereocenters. The van der Waals surface area contributed by atoms with Crippen molar-refractivity contribution < 1.29 is 9.47 Å². The molecule has 0 heterocycles. The van der Waals surface area contributed by atoms with Crippen LogP contribution in [0.4, 0.5) is 0 Å². The third-order valence-corrected chi connectivity index (χ3v) is 5.32. The highest BCUT2D eigenvalue weighted by Crippen LogP contribution is 2.15. The minimum atomic E-state index is 0.120. The summed E-state index contributed by atoms with van der Waals surface area (Å²) in [4.78, 5) is 0. The van der Waals surface area contributed by atoms with E-state index < -0.39 is 0 Å². The van der Waals surface area contributed by atoms with Crippen LogP contribution in [0.15, 0.2) is 0 Å². The molecule has 0 aromatic heterocycles. The second kappa shape index (κ2) is 17.9. The lowest BCUT2D eigenvalue weighted by Crippen LogP contribution is -2.23. The number of alkyl halides is 1. The number of hydrogen-bond donors (Lipinski definition) is 0. The molecule has 2 nitrogen and oxygen atoms in total. The van der Waals surface area contributed by atoms with E-state index in [2.05, 4.69) is 20.8 Å². The smallest absolute Gasteiger partial charge is 0.0711 e. The fourth-order valence-electron chi connectivity index (χ4n) is 2.17. The van der Waals surface area contributed by atoms with Gasteiger partial charge in [0.25, 0.3) is 0 Å². The molecule has 0 bridgehead atoms. The number of unbranched alkanes of at least 4 members (excludes halogenated alkanes) is 5. The molecule has 0 rings (SSSR count). The Morgan fingerprint density at radius 2 is 1.59 bits per heavy atom. The van der Waals surface area contributed by atoms with Crippen molar-refractivity contribution in [3.05, 3.63) is 0 Å². The number of hydrogen-bond acceptors (Lipinski definition) is 3. The van der Waals surface area contributed by atoms with Crippen molar-refractivity contribution in [2.45, 2.75) is 83.6 Å². The Bertz CT molecular complexity index is 217. The summed E-state index contributed by atoms with van der Waals surface area (Å²) in [6.45, 7) is 8.69. The summed E-state index contributed by atoms with van der Waals surface area (Å²) in [6.07, 6.45) is 10.3. The maximum atomic E-state index is 6.33. The molecule has 0 aliphatic carbocycles. The van der Waals surface area contributed by atoms with E-state index in [9.17, 15) is 0 Å². The van der Waals surface area contributed by atoms with Crippen LogP contribution >= 0.6 is 23.4 Å². The lowest BCUT2D eigenvalue weighted by molar-refractivity contribution is 0.0135. The van der Waals surface area contributed by atoms with Crippen molar-refractivity contribution in [2.24, 2.45) is 0 Å². The number of rotatable bonds is 17.